The Labute approximate surface area is 91.2 Å². The van der Waals surface area contributed by atoms with Gasteiger partial charge in [0.05, 0.1) is 5.69 Å². The summed E-state index contributed by atoms with van der Waals surface area (Å²) in [5, 5.41) is 4.77. The molecule has 0 atom stereocenters. The van der Waals surface area contributed by atoms with Gasteiger partial charge in [-0.05, 0) is 25.0 Å². The largest absolute Gasteiger partial charge is 0.252 e. The van der Waals surface area contributed by atoms with Crippen LogP contribution in [0.2, 0.25) is 0 Å². The van der Waals surface area contributed by atoms with Gasteiger partial charge in [0.1, 0.15) is 0 Å². The summed E-state index contributed by atoms with van der Waals surface area (Å²) in [6.45, 7) is 2.36. The highest BCUT2D eigenvalue weighted by Crippen LogP contribution is 2.47. The van der Waals surface area contributed by atoms with Crippen molar-refractivity contribution in [2.45, 2.75) is 32.6 Å². The number of hydrogen-bond acceptors (Lipinski definition) is 0. The first-order valence-electron chi connectivity index (χ1n) is 5.81. The van der Waals surface area contributed by atoms with Crippen LogP contribution in [-0.2, 0) is 0 Å². The number of nitrogens with zero attached hydrogens (tertiary/aromatic N) is 1. The van der Waals surface area contributed by atoms with Crippen molar-refractivity contribution >= 4 is 11.8 Å². The van der Waals surface area contributed by atoms with Crippen molar-refractivity contribution in [3.05, 3.63) is 35.5 Å². The molecule has 1 saturated carbocycles. The summed E-state index contributed by atoms with van der Waals surface area (Å²) in [7, 11) is 0. The zero-order valence-electron chi connectivity index (χ0n) is 9.16. The van der Waals surface area contributed by atoms with E-state index in [0.29, 0.717) is 5.41 Å². The molecule has 1 heteroatoms. The van der Waals surface area contributed by atoms with Gasteiger partial charge in [0, 0.05) is 16.7 Å². The second kappa shape index (κ2) is 3.13. The summed E-state index contributed by atoms with van der Waals surface area (Å²) < 4.78 is 0. The predicted molar refractivity (Wildman–Crippen MR) is 62.8 cm³/mol. The summed E-state index contributed by atoms with van der Waals surface area (Å²) in [5.74, 6) is 0. The van der Waals surface area contributed by atoms with Crippen LogP contribution in [0.3, 0.4) is 0 Å². The second-order valence-electron chi connectivity index (χ2n) is 4.97. The summed E-state index contributed by atoms with van der Waals surface area (Å²) in [6.07, 6.45) is 7.60. The molecule has 15 heavy (non-hydrogen) atoms. The summed E-state index contributed by atoms with van der Waals surface area (Å²) in [5.41, 5.74) is 4.10. The van der Waals surface area contributed by atoms with Crippen molar-refractivity contribution in [1.29, 1.82) is 0 Å². The van der Waals surface area contributed by atoms with Crippen molar-refractivity contribution in [2.75, 3.05) is 0 Å². The standard InChI is InChI=1S/C14H16N/c1-14(8-4-5-9-14)13-10-11-6-2-3-7-12(11)15-13/h2-3,6-7,10H,4-5,8-9H2,1H3. The number of fused-ring (bicyclic) bond motifs is 1. The van der Waals surface area contributed by atoms with Crippen LogP contribution in [0.15, 0.2) is 30.0 Å². The van der Waals surface area contributed by atoms with Gasteiger partial charge in [0.15, 0.2) is 0 Å². The molecule has 1 aliphatic heterocycles. The number of benzene rings is 1. The fourth-order valence-corrected chi connectivity index (χ4v) is 2.74. The van der Waals surface area contributed by atoms with Gasteiger partial charge in [0.25, 0.3) is 0 Å². The van der Waals surface area contributed by atoms with E-state index >= 15 is 0 Å². The maximum absolute atomic E-state index is 4.77. The Hall–Kier alpha value is -1.24. The summed E-state index contributed by atoms with van der Waals surface area (Å²) >= 11 is 0. The monoisotopic (exact) mass is 198 g/mol. The first-order chi connectivity index (χ1) is 7.28. The lowest BCUT2D eigenvalue weighted by Gasteiger charge is -2.24. The molecule has 77 valence electrons. The maximum atomic E-state index is 4.77. The number of rotatable bonds is 1. The average Bonchev–Trinajstić information content (AvgIpc) is 2.84. The maximum Gasteiger partial charge on any atom is 0.0706 e. The third-order valence-electron chi connectivity index (χ3n) is 3.80. The minimum Gasteiger partial charge on any atom is -0.252 e. The Morgan fingerprint density at radius 1 is 1.13 bits per heavy atom. The lowest BCUT2D eigenvalue weighted by Crippen LogP contribution is -2.17. The van der Waals surface area contributed by atoms with E-state index in [9.17, 15) is 0 Å². The Kier molecular flexibility index (Phi) is 1.88. The van der Waals surface area contributed by atoms with Crippen LogP contribution >= 0.6 is 0 Å². The molecule has 0 aromatic heterocycles. The van der Waals surface area contributed by atoms with Crippen LogP contribution in [0.1, 0.15) is 38.2 Å². The molecule has 1 aromatic carbocycles. The zero-order chi connectivity index (χ0) is 10.3. The average molecular weight is 198 g/mol. The van der Waals surface area contributed by atoms with E-state index in [1.165, 1.54) is 36.9 Å². The van der Waals surface area contributed by atoms with Gasteiger partial charge < -0.3 is 0 Å². The van der Waals surface area contributed by atoms with E-state index in [1.807, 2.05) is 0 Å². The van der Waals surface area contributed by atoms with E-state index in [0.717, 1.165) is 5.69 Å². The SMILES string of the molecule is CC1(C2=Cc3ccccc3[N]2)CCCC1. The molecular formula is C14H16N. The highest BCUT2D eigenvalue weighted by atomic mass is 14.9. The van der Waals surface area contributed by atoms with E-state index in [4.69, 9.17) is 5.32 Å². The van der Waals surface area contributed by atoms with Crippen molar-refractivity contribution in [1.82, 2.24) is 5.32 Å². The Morgan fingerprint density at radius 2 is 1.87 bits per heavy atom. The van der Waals surface area contributed by atoms with Crippen LogP contribution in [0.5, 0.6) is 0 Å². The number of allylic oxidation sites excluding steroid dienone is 1. The molecule has 0 amide bonds. The van der Waals surface area contributed by atoms with Crippen molar-refractivity contribution < 1.29 is 0 Å². The molecule has 0 saturated heterocycles. The van der Waals surface area contributed by atoms with Crippen molar-refractivity contribution in [3.8, 4) is 0 Å². The van der Waals surface area contributed by atoms with Crippen LogP contribution < -0.4 is 5.32 Å². The molecule has 0 N–H and O–H groups in total. The van der Waals surface area contributed by atoms with Gasteiger partial charge in [-0.15, -0.1) is 0 Å². The number of para-hydroxylation sites is 1. The van der Waals surface area contributed by atoms with Gasteiger partial charge in [-0.3, -0.25) is 5.32 Å². The highest BCUT2D eigenvalue weighted by molar-refractivity contribution is 5.72. The molecule has 1 fully saturated rings. The molecular weight excluding hydrogens is 182 g/mol. The lowest BCUT2D eigenvalue weighted by molar-refractivity contribution is 0.400. The third-order valence-corrected chi connectivity index (χ3v) is 3.80. The molecule has 1 heterocycles. The molecule has 0 bridgehead atoms. The Morgan fingerprint density at radius 3 is 2.60 bits per heavy atom. The fraction of sp³-hybridized carbons (Fsp3) is 0.429. The topological polar surface area (TPSA) is 14.1 Å². The predicted octanol–water partition coefficient (Wildman–Crippen LogP) is 3.86. The van der Waals surface area contributed by atoms with Gasteiger partial charge >= 0.3 is 0 Å². The van der Waals surface area contributed by atoms with Crippen LogP contribution in [-0.4, -0.2) is 0 Å². The van der Waals surface area contributed by atoms with Gasteiger partial charge in [0.2, 0.25) is 0 Å². The highest BCUT2D eigenvalue weighted by Gasteiger charge is 2.35. The van der Waals surface area contributed by atoms with E-state index in [-0.39, 0.29) is 0 Å². The smallest absolute Gasteiger partial charge is 0.0706 e. The van der Waals surface area contributed by atoms with Crippen LogP contribution in [0.25, 0.3) is 6.08 Å². The first-order valence-corrected chi connectivity index (χ1v) is 5.81. The molecule has 1 aliphatic carbocycles. The molecule has 0 spiro atoms. The van der Waals surface area contributed by atoms with E-state index in [1.54, 1.807) is 0 Å². The van der Waals surface area contributed by atoms with Crippen LogP contribution in [0, 0.1) is 5.41 Å². The van der Waals surface area contributed by atoms with E-state index in [2.05, 4.69) is 37.3 Å². The minimum atomic E-state index is 0.346. The molecule has 1 nitrogen and oxygen atoms in total. The summed E-state index contributed by atoms with van der Waals surface area (Å²) in [6, 6.07) is 8.42. The number of hydrogen-bond donors (Lipinski definition) is 0. The Balaban J connectivity index is 1.94. The lowest BCUT2D eigenvalue weighted by atomic mass is 9.85. The van der Waals surface area contributed by atoms with Gasteiger partial charge in [-0.1, -0.05) is 38.0 Å². The molecule has 1 aromatic rings. The van der Waals surface area contributed by atoms with Gasteiger partial charge in [-0.2, -0.15) is 0 Å². The summed E-state index contributed by atoms with van der Waals surface area (Å²) in [4.78, 5) is 0. The molecule has 2 aliphatic rings. The van der Waals surface area contributed by atoms with E-state index < -0.39 is 0 Å². The minimum absolute atomic E-state index is 0.346. The zero-order valence-corrected chi connectivity index (χ0v) is 9.16. The quantitative estimate of drug-likeness (QED) is 0.650. The second-order valence-corrected chi connectivity index (χ2v) is 4.97. The van der Waals surface area contributed by atoms with Crippen LogP contribution in [0.4, 0.5) is 5.69 Å². The van der Waals surface area contributed by atoms with Crippen molar-refractivity contribution in [3.63, 3.8) is 0 Å². The molecule has 1 radical (unpaired) electrons. The normalized spacial score (nSPS) is 22.1. The van der Waals surface area contributed by atoms with Crippen molar-refractivity contribution in [2.24, 2.45) is 5.41 Å². The Bertz CT molecular complexity index is 411. The fourth-order valence-electron chi connectivity index (χ4n) is 2.74. The first kappa shape index (κ1) is 9.02. The molecule has 0 unspecified atom stereocenters. The molecule has 3 rings (SSSR count). The third kappa shape index (κ3) is 1.38. The van der Waals surface area contributed by atoms with Gasteiger partial charge in [-0.25, -0.2) is 0 Å².